The van der Waals surface area contributed by atoms with E-state index in [1.807, 2.05) is 19.2 Å². The summed E-state index contributed by atoms with van der Waals surface area (Å²) in [6, 6.07) is 8.20. The van der Waals surface area contributed by atoms with Gasteiger partial charge in [0.1, 0.15) is 11.3 Å². The lowest BCUT2D eigenvalue weighted by atomic mass is 9.98. The Morgan fingerprint density at radius 1 is 1.06 bits per heavy atom. The number of fused-ring (bicyclic) bond motifs is 3. The molecule has 1 saturated heterocycles. The number of hydrogen-bond donors (Lipinski definition) is 1. The Labute approximate surface area is 198 Å². The van der Waals surface area contributed by atoms with Gasteiger partial charge in [0.05, 0.1) is 5.69 Å². The second kappa shape index (κ2) is 8.67. The summed E-state index contributed by atoms with van der Waals surface area (Å²) in [7, 11) is 0. The molecule has 4 aromatic rings. The van der Waals surface area contributed by atoms with E-state index in [9.17, 15) is 9.90 Å². The number of likely N-dealkylation sites (tertiary alicyclic amines) is 1. The topological polar surface area (TPSA) is 79.7 Å². The molecule has 0 bridgehead atoms. The number of aliphatic hydroxyl groups excluding tert-OH is 1. The molecule has 1 N–H and O–H groups in total. The van der Waals surface area contributed by atoms with Crippen LogP contribution in [0.3, 0.4) is 0 Å². The molecular formula is C28H30N2O4. The van der Waals surface area contributed by atoms with Crippen LogP contribution in [0, 0.1) is 6.92 Å². The fourth-order valence-corrected chi connectivity index (χ4v) is 5.86. The third-order valence-electron chi connectivity index (χ3n) is 7.63. The predicted molar refractivity (Wildman–Crippen MR) is 132 cm³/mol. The number of aromatic nitrogens is 1. The van der Waals surface area contributed by atoms with Crippen LogP contribution in [0.4, 0.5) is 0 Å². The zero-order valence-electron chi connectivity index (χ0n) is 19.6. The minimum absolute atomic E-state index is 0.214. The summed E-state index contributed by atoms with van der Waals surface area (Å²) < 4.78 is 11.9. The first kappa shape index (κ1) is 21.6. The van der Waals surface area contributed by atoms with Gasteiger partial charge in [0.2, 0.25) is 0 Å². The Bertz CT molecular complexity index is 1430. The number of pyridine rings is 1. The van der Waals surface area contributed by atoms with E-state index in [1.165, 1.54) is 24.0 Å². The van der Waals surface area contributed by atoms with Gasteiger partial charge in [0, 0.05) is 47.8 Å². The molecule has 6 nitrogen and oxygen atoms in total. The van der Waals surface area contributed by atoms with Crippen molar-refractivity contribution >= 4 is 21.9 Å². The molecule has 0 radical (unpaired) electrons. The molecule has 1 atom stereocenters. The smallest absolute Gasteiger partial charge is 0.336 e. The van der Waals surface area contributed by atoms with E-state index in [2.05, 4.69) is 22.0 Å². The average molecular weight is 459 g/mol. The summed E-state index contributed by atoms with van der Waals surface area (Å²) in [5.74, 6) is 0.675. The lowest BCUT2D eigenvalue weighted by Crippen LogP contribution is -2.39. The molecule has 0 amide bonds. The third-order valence-corrected chi connectivity index (χ3v) is 7.63. The first-order valence-electron chi connectivity index (χ1n) is 12.4. The number of aryl methyl sites for hydroxylation is 3. The van der Waals surface area contributed by atoms with Crippen molar-refractivity contribution < 1.29 is 13.9 Å². The van der Waals surface area contributed by atoms with E-state index < -0.39 is 0 Å². The molecule has 6 rings (SSSR count). The van der Waals surface area contributed by atoms with E-state index in [-0.39, 0.29) is 12.2 Å². The van der Waals surface area contributed by atoms with E-state index in [0.717, 1.165) is 78.4 Å². The van der Waals surface area contributed by atoms with Crippen LogP contribution in [0.1, 0.15) is 54.5 Å². The van der Waals surface area contributed by atoms with Crippen molar-refractivity contribution in [3.63, 3.8) is 0 Å². The number of benzene rings is 1. The van der Waals surface area contributed by atoms with Crippen molar-refractivity contribution in [3.8, 4) is 11.3 Å². The van der Waals surface area contributed by atoms with Gasteiger partial charge in [-0.1, -0.05) is 6.42 Å². The number of nitrogens with zero attached hydrogens (tertiary/aromatic N) is 2. The molecule has 34 heavy (non-hydrogen) atoms. The second-order valence-electron chi connectivity index (χ2n) is 9.80. The van der Waals surface area contributed by atoms with Gasteiger partial charge in [-0.25, -0.2) is 4.79 Å². The molecule has 1 fully saturated rings. The maximum absolute atomic E-state index is 12.4. The maximum Gasteiger partial charge on any atom is 0.336 e. The minimum atomic E-state index is -0.365. The summed E-state index contributed by atoms with van der Waals surface area (Å²) in [6.45, 7) is 3.98. The van der Waals surface area contributed by atoms with E-state index in [1.54, 1.807) is 6.07 Å². The zero-order chi connectivity index (χ0) is 23.2. The van der Waals surface area contributed by atoms with Gasteiger partial charge in [-0.3, -0.25) is 9.88 Å². The predicted octanol–water partition coefficient (Wildman–Crippen LogP) is 5.14. The summed E-state index contributed by atoms with van der Waals surface area (Å²) in [6.07, 6.45) is 9.49. The molecule has 176 valence electrons. The first-order valence-corrected chi connectivity index (χ1v) is 12.4. The van der Waals surface area contributed by atoms with Crippen LogP contribution < -0.4 is 5.63 Å². The van der Waals surface area contributed by atoms with Crippen molar-refractivity contribution in [3.05, 3.63) is 63.3 Å². The van der Waals surface area contributed by atoms with Gasteiger partial charge in [-0.2, -0.15) is 0 Å². The van der Waals surface area contributed by atoms with Crippen LogP contribution in [0.2, 0.25) is 0 Å². The van der Waals surface area contributed by atoms with E-state index >= 15 is 0 Å². The molecular weight excluding hydrogens is 428 g/mol. The average Bonchev–Trinajstić information content (AvgIpc) is 3.48. The maximum atomic E-state index is 12.4. The number of piperidine rings is 1. The molecule has 6 heteroatoms. The van der Waals surface area contributed by atoms with Gasteiger partial charge >= 0.3 is 5.63 Å². The molecule has 1 aliphatic carbocycles. The normalized spacial score (nSPS) is 18.7. The molecule has 1 unspecified atom stereocenters. The monoisotopic (exact) mass is 458 g/mol. The molecule has 1 aromatic carbocycles. The van der Waals surface area contributed by atoms with Gasteiger partial charge in [0.15, 0.2) is 5.58 Å². The van der Waals surface area contributed by atoms with Crippen molar-refractivity contribution in [1.29, 1.82) is 0 Å². The lowest BCUT2D eigenvalue weighted by molar-refractivity contribution is 0.113. The van der Waals surface area contributed by atoms with E-state index in [0.29, 0.717) is 17.4 Å². The summed E-state index contributed by atoms with van der Waals surface area (Å²) >= 11 is 0. The highest BCUT2D eigenvalue weighted by atomic mass is 16.4. The number of hydrogen-bond acceptors (Lipinski definition) is 6. The largest absolute Gasteiger partial charge is 0.454 e. The molecule has 0 spiro atoms. The highest BCUT2D eigenvalue weighted by Crippen LogP contribution is 2.37. The van der Waals surface area contributed by atoms with Gasteiger partial charge in [0.25, 0.3) is 0 Å². The highest BCUT2D eigenvalue weighted by molar-refractivity contribution is 5.96. The van der Waals surface area contributed by atoms with Gasteiger partial charge < -0.3 is 13.9 Å². The Morgan fingerprint density at radius 2 is 1.91 bits per heavy atom. The van der Waals surface area contributed by atoms with Crippen LogP contribution in [0.25, 0.3) is 33.3 Å². The highest BCUT2D eigenvalue weighted by Gasteiger charge is 2.24. The number of aliphatic hydroxyl groups is 1. The van der Waals surface area contributed by atoms with Crippen molar-refractivity contribution in [2.45, 2.75) is 64.5 Å². The molecule has 0 saturated carbocycles. The fourth-order valence-electron chi connectivity index (χ4n) is 5.86. The Balaban J connectivity index is 1.45. The van der Waals surface area contributed by atoms with Gasteiger partial charge in [-0.05, 0) is 86.9 Å². The standard InChI is InChI=1S/C28H30N2O4/c1-17-28-22(20(15-29-17)16-30-9-3-2-7-21(30)8-10-31)13-26(34-28)24-14-27(32)33-25-12-19-6-4-5-18(19)11-23(24)25/h11-15,21,31H,2-10,16H2,1H3. The van der Waals surface area contributed by atoms with Crippen LogP contribution in [0.5, 0.6) is 0 Å². The Kier molecular flexibility index (Phi) is 5.50. The summed E-state index contributed by atoms with van der Waals surface area (Å²) in [4.78, 5) is 19.5. The van der Waals surface area contributed by atoms with Crippen LogP contribution in [-0.4, -0.2) is 34.2 Å². The fraction of sp³-hybridized carbons (Fsp3) is 0.429. The number of furan rings is 1. The Morgan fingerprint density at radius 3 is 2.76 bits per heavy atom. The van der Waals surface area contributed by atoms with Crippen molar-refractivity contribution in [1.82, 2.24) is 9.88 Å². The van der Waals surface area contributed by atoms with Crippen molar-refractivity contribution in [2.75, 3.05) is 13.2 Å². The lowest BCUT2D eigenvalue weighted by Gasteiger charge is -2.35. The van der Waals surface area contributed by atoms with Crippen molar-refractivity contribution in [2.24, 2.45) is 0 Å². The molecule has 1 aliphatic heterocycles. The second-order valence-corrected chi connectivity index (χ2v) is 9.80. The quantitative estimate of drug-likeness (QED) is 0.418. The molecule has 3 aromatic heterocycles. The minimum Gasteiger partial charge on any atom is -0.454 e. The first-order chi connectivity index (χ1) is 16.6. The van der Waals surface area contributed by atoms with Crippen LogP contribution in [0.15, 0.2) is 44.1 Å². The van der Waals surface area contributed by atoms with Crippen LogP contribution in [-0.2, 0) is 19.4 Å². The summed E-state index contributed by atoms with van der Waals surface area (Å²) in [5, 5.41) is 11.5. The summed E-state index contributed by atoms with van der Waals surface area (Å²) in [5.41, 5.74) is 6.37. The Hall–Kier alpha value is -2.96. The van der Waals surface area contributed by atoms with E-state index in [4.69, 9.17) is 8.83 Å². The third kappa shape index (κ3) is 3.75. The van der Waals surface area contributed by atoms with Gasteiger partial charge in [-0.15, -0.1) is 0 Å². The zero-order valence-corrected chi connectivity index (χ0v) is 19.6. The molecule has 4 heterocycles. The number of rotatable bonds is 5. The molecule has 2 aliphatic rings. The SMILES string of the molecule is Cc1ncc(CN2CCCCC2CCO)c2cc(-c3cc(=O)oc4cc5c(cc34)CCC5)oc12. The van der Waals surface area contributed by atoms with Crippen LogP contribution >= 0.6 is 0 Å².